The largest absolute Gasteiger partial charge is 0.478 e. The van der Waals surface area contributed by atoms with Crippen LogP contribution in [0.15, 0.2) is 24.3 Å². The van der Waals surface area contributed by atoms with E-state index in [4.69, 9.17) is 5.11 Å². The first-order valence-electron chi connectivity index (χ1n) is 6.50. The number of carboxylic acid groups (broad SMARTS) is 1. The van der Waals surface area contributed by atoms with Crippen LogP contribution in [0.1, 0.15) is 19.4 Å². The second-order valence-corrected chi connectivity index (χ2v) is 4.95. The van der Waals surface area contributed by atoms with E-state index in [0.717, 1.165) is 6.08 Å². The first kappa shape index (κ1) is 16.7. The molecule has 1 rings (SSSR count). The monoisotopic (exact) mass is 294 g/mol. The quantitative estimate of drug-likeness (QED) is 0.786. The third-order valence-corrected chi connectivity index (χ3v) is 2.64. The van der Waals surface area contributed by atoms with Crippen LogP contribution in [-0.2, 0) is 9.59 Å². The van der Waals surface area contributed by atoms with Crippen molar-refractivity contribution in [3.8, 4) is 0 Å². The summed E-state index contributed by atoms with van der Waals surface area (Å²) in [5, 5.41) is 11.4. The zero-order chi connectivity index (χ0) is 16.0. The maximum atomic E-state index is 13.3. The number of halogens is 1. The molecule has 0 unspecified atom stereocenters. The van der Waals surface area contributed by atoms with Gasteiger partial charge in [0, 0.05) is 30.4 Å². The van der Waals surface area contributed by atoms with Gasteiger partial charge < -0.3 is 15.3 Å². The Kier molecular flexibility index (Phi) is 5.90. The minimum atomic E-state index is -1.12. The fourth-order valence-corrected chi connectivity index (χ4v) is 1.84. The molecule has 0 aliphatic carbocycles. The summed E-state index contributed by atoms with van der Waals surface area (Å²) >= 11 is 0. The lowest BCUT2D eigenvalue weighted by atomic mass is 10.1. The Balaban J connectivity index is 2.95. The number of amides is 1. The Hall–Kier alpha value is -2.37. The summed E-state index contributed by atoms with van der Waals surface area (Å²) in [7, 11) is 1.69. The van der Waals surface area contributed by atoms with Gasteiger partial charge in [-0.2, -0.15) is 0 Å². The topological polar surface area (TPSA) is 69.6 Å². The summed E-state index contributed by atoms with van der Waals surface area (Å²) < 4.78 is 13.3. The van der Waals surface area contributed by atoms with E-state index in [1.165, 1.54) is 24.3 Å². The highest BCUT2D eigenvalue weighted by Crippen LogP contribution is 2.22. The van der Waals surface area contributed by atoms with Crippen LogP contribution in [0.4, 0.5) is 10.1 Å². The van der Waals surface area contributed by atoms with Gasteiger partial charge in [0.05, 0.1) is 6.54 Å². The third-order valence-electron chi connectivity index (χ3n) is 2.64. The number of nitrogens with zero attached hydrogens (tertiary/aromatic N) is 1. The maximum absolute atomic E-state index is 13.3. The molecule has 0 atom stereocenters. The number of anilines is 1. The van der Waals surface area contributed by atoms with Crippen molar-refractivity contribution in [1.29, 1.82) is 0 Å². The van der Waals surface area contributed by atoms with Crippen LogP contribution in [0.3, 0.4) is 0 Å². The van der Waals surface area contributed by atoms with Crippen molar-refractivity contribution in [1.82, 2.24) is 5.32 Å². The van der Waals surface area contributed by atoms with Gasteiger partial charge in [-0.3, -0.25) is 4.79 Å². The van der Waals surface area contributed by atoms with Crippen LogP contribution >= 0.6 is 0 Å². The molecule has 0 heterocycles. The predicted octanol–water partition coefficient (Wildman–Crippen LogP) is 1.88. The summed E-state index contributed by atoms with van der Waals surface area (Å²) in [4.78, 5) is 24.0. The van der Waals surface area contributed by atoms with Gasteiger partial charge in [-0.25, -0.2) is 9.18 Å². The second kappa shape index (κ2) is 7.42. The molecule has 0 saturated heterocycles. The lowest BCUT2D eigenvalue weighted by molar-refractivity contribution is -0.131. The van der Waals surface area contributed by atoms with E-state index in [0.29, 0.717) is 11.3 Å². The van der Waals surface area contributed by atoms with Gasteiger partial charge in [0.2, 0.25) is 5.91 Å². The highest BCUT2D eigenvalue weighted by molar-refractivity contribution is 5.88. The van der Waals surface area contributed by atoms with E-state index in [1.807, 2.05) is 13.8 Å². The van der Waals surface area contributed by atoms with E-state index in [9.17, 15) is 14.0 Å². The van der Waals surface area contributed by atoms with Crippen molar-refractivity contribution in [2.45, 2.75) is 19.9 Å². The Morgan fingerprint density at radius 3 is 2.67 bits per heavy atom. The number of likely N-dealkylation sites (N-methyl/N-ethyl adjacent to an activating group) is 1. The van der Waals surface area contributed by atoms with E-state index < -0.39 is 11.8 Å². The van der Waals surface area contributed by atoms with Gasteiger partial charge in [-0.15, -0.1) is 0 Å². The molecule has 21 heavy (non-hydrogen) atoms. The molecule has 1 aromatic carbocycles. The molecular formula is C15H19FN2O3. The van der Waals surface area contributed by atoms with E-state index in [-0.39, 0.29) is 18.5 Å². The molecule has 0 radical (unpaired) electrons. The third kappa shape index (κ3) is 5.64. The number of carbonyl (C=O) groups is 2. The number of carboxylic acids is 1. The SMILES string of the molecule is CC(C)NC(=O)CN(C)c1ccc(F)cc1C=CC(=O)O. The predicted molar refractivity (Wildman–Crippen MR) is 79.6 cm³/mol. The molecular weight excluding hydrogens is 275 g/mol. The first-order chi connectivity index (χ1) is 9.79. The lowest BCUT2D eigenvalue weighted by Crippen LogP contribution is -2.38. The molecule has 114 valence electrons. The molecule has 0 fully saturated rings. The van der Waals surface area contributed by atoms with Gasteiger partial charge in [-0.05, 0) is 38.1 Å². The molecule has 0 bridgehead atoms. The molecule has 1 amide bonds. The number of rotatable bonds is 6. The molecule has 0 aromatic heterocycles. The normalized spacial score (nSPS) is 10.9. The number of hydrogen-bond donors (Lipinski definition) is 2. The van der Waals surface area contributed by atoms with Crippen molar-refractivity contribution in [3.05, 3.63) is 35.7 Å². The zero-order valence-electron chi connectivity index (χ0n) is 12.3. The summed E-state index contributed by atoms with van der Waals surface area (Å²) in [6.45, 7) is 3.81. The van der Waals surface area contributed by atoms with E-state index >= 15 is 0 Å². The Morgan fingerprint density at radius 1 is 1.43 bits per heavy atom. The van der Waals surface area contributed by atoms with Gasteiger partial charge in [0.1, 0.15) is 5.82 Å². The van der Waals surface area contributed by atoms with Crippen LogP contribution < -0.4 is 10.2 Å². The number of carbonyl (C=O) groups excluding carboxylic acids is 1. The van der Waals surface area contributed by atoms with Crippen molar-refractivity contribution in [2.24, 2.45) is 0 Å². The first-order valence-corrected chi connectivity index (χ1v) is 6.50. The number of hydrogen-bond acceptors (Lipinski definition) is 3. The van der Waals surface area contributed by atoms with Crippen molar-refractivity contribution >= 4 is 23.6 Å². The average molecular weight is 294 g/mol. The molecule has 0 saturated carbocycles. The minimum absolute atomic E-state index is 0.0329. The van der Waals surface area contributed by atoms with Crippen LogP contribution in [0.2, 0.25) is 0 Å². The van der Waals surface area contributed by atoms with E-state index in [1.54, 1.807) is 11.9 Å². The Morgan fingerprint density at radius 2 is 2.10 bits per heavy atom. The number of benzene rings is 1. The molecule has 0 spiro atoms. The minimum Gasteiger partial charge on any atom is -0.478 e. The molecule has 0 aliphatic rings. The fraction of sp³-hybridized carbons (Fsp3) is 0.333. The standard InChI is InChI=1S/C15H19FN2O3/c1-10(2)17-14(19)9-18(3)13-6-5-12(16)8-11(13)4-7-15(20)21/h4-8,10H,9H2,1-3H3,(H,17,19)(H,20,21). The van der Waals surface area contributed by atoms with Gasteiger partial charge in [0.25, 0.3) is 0 Å². The molecule has 5 nitrogen and oxygen atoms in total. The average Bonchev–Trinajstić information content (AvgIpc) is 2.34. The maximum Gasteiger partial charge on any atom is 0.328 e. The van der Waals surface area contributed by atoms with Crippen molar-refractivity contribution in [2.75, 3.05) is 18.5 Å². The summed E-state index contributed by atoms with van der Waals surface area (Å²) in [6.07, 6.45) is 2.23. The Labute approximate surface area is 123 Å². The highest BCUT2D eigenvalue weighted by atomic mass is 19.1. The Bertz CT molecular complexity index is 556. The second-order valence-electron chi connectivity index (χ2n) is 4.95. The van der Waals surface area contributed by atoms with E-state index in [2.05, 4.69) is 5.32 Å². The summed E-state index contributed by atoms with van der Waals surface area (Å²) in [5.41, 5.74) is 0.977. The van der Waals surface area contributed by atoms with Crippen LogP contribution in [0.5, 0.6) is 0 Å². The zero-order valence-corrected chi connectivity index (χ0v) is 12.3. The number of aliphatic carboxylic acids is 1. The number of nitrogens with one attached hydrogen (secondary N) is 1. The van der Waals surface area contributed by atoms with Crippen molar-refractivity contribution in [3.63, 3.8) is 0 Å². The summed E-state index contributed by atoms with van der Waals surface area (Å²) in [6, 6.07) is 4.04. The lowest BCUT2D eigenvalue weighted by Gasteiger charge is -2.21. The van der Waals surface area contributed by atoms with Crippen molar-refractivity contribution < 1.29 is 19.1 Å². The van der Waals surface area contributed by atoms with Gasteiger partial charge >= 0.3 is 5.97 Å². The molecule has 2 N–H and O–H groups in total. The van der Waals surface area contributed by atoms with Crippen LogP contribution in [0, 0.1) is 5.82 Å². The van der Waals surface area contributed by atoms with Crippen LogP contribution in [0.25, 0.3) is 6.08 Å². The summed E-state index contributed by atoms with van der Waals surface area (Å²) in [5.74, 6) is -1.75. The van der Waals surface area contributed by atoms with Gasteiger partial charge in [-0.1, -0.05) is 0 Å². The molecule has 6 heteroatoms. The highest BCUT2D eigenvalue weighted by Gasteiger charge is 2.11. The molecule has 0 aliphatic heterocycles. The van der Waals surface area contributed by atoms with Crippen LogP contribution in [-0.4, -0.2) is 36.6 Å². The smallest absolute Gasteiger partial charge is 0.328 e. The fourth-order valence-electron chi connectivity index (χ4n) is 1.84. The molecule has 1 aromatic rings. The van der Waals surface area contributed by atoms with Gasteiger partial charge in [0.15, 0.2) is 0 Å².